The van der Waals surface area contributed by atoms with Gasteiger partial charge < -0.3 is 14.9 Å². The van der Waals surface area contributed by atoms with Crippen LogP contribution in [0.4, 0.5) is 4.79 Å². The van der Waals surface area contributed by atoms with Crippen molar-refractivity contribution in [2.45, 2.75) is 33.1 Å². The highest BCUT2D eigenvalue weighted by atomic mass is 16.4. The van der Waals surface area contributed by atoms with E-state index in [1.54, 1.807) is 4.90 Å². The molecule has 0 atom stereocenters. The molecule has 5 heteroatoms. The summed E-state index contributed by atoms with van der Waals surface area (Å²) in [5.74, 6) is -0.411. The van der Waals surface area contributed by atoms with Gasteiger partial charge in [0.05, 0.1) is 0 Å². The third kappa shape index (κ3) is 3.37. The maximum Gasteiger partial charge on any atom is 0.323 e. The van der Waals surface area contributed by atoms with Gasteiger partial charge in [-0.1, -0.05) is 13.8 Å². The second-order valence-corrected chi connectivity index (χ2v) is 6.34. The number of urea groups is 1. The van der Waals surface area contributed by atoms with E-state index in [1.807, 2.05) is 0 Å². The predicted molar refractivity (Wildman–Crippen MR) is 67.3 cm³/mol. The number of aliphatic carboxylic acids is 1. The molecule has 1 saturated carbocycles. The normalized spacial score (nSPS) is 22.0. The van der Waals surface area contributed by atoms with Gasteiger partial charge in [0.2, 0.25) is 0 Å². The van der Waals surface area contributed by atoms with Crippen LogP contribution >= 0.6 is 0 Å². The van der Waals surface area contributed by atoms with E-state index in [-0.39, 0.29) is 18.0 Å². The van der Waals surface area contributed by atoms with Crippen molar-refractivity contribution in [1.82, 2.24) is 9.80 Å². The summed E-state index contributed by atoms with van der Waals surface area (Å²) in [6.07, 6.45) is 3.23. The predicted octanol–water partition coefficient (Wildman–Crippen LogP) is 1.63. The Labute approximate surface area is 108 Å². The lowest BCUT2D eigenvalue weighted by Crippen LogP contribution is -2.45. The molecule has 1 saturated heterocycles. The highest BCUT2D eigenvalue weighted by Crippen LogP contribution is 2.32. The van der Waals surface area contributed by atoms with Crippen LogP contribution in [-0.4, -0.2) is 53.1 Å². The first-order valence-corrected chi connectivity index (χ1v) is 6.63. The van der Waals surface area contributed by atoms with Gasteiger partial charge in [0.15, 0.2) is 0 Å². The molecule has 0 radical (unpaired) electrons. The van der Waals surface area contributed by atoms with Gasteiger partial charge in [-0.15, -0.1) is 0 Å². The number of carbonyl (C=O) groups is 2. The number of carboxylic acid groups (broad SMARTS) is 1. The van der Waals surface area contributed by atoms with Crippen LogP contribution in [0.1, 0.15) is 33.1 Å². The minimum atomic E-state index is -0.928. The Morgan fingerprint density at radius 1 is 1.39 bits per heavy atom. The van der Waals surface area contributed by atoms with Crippen LogP contribution in [0.5, 0.6) is 0 Å². The van der Waals surface area contributed by atoms with E-state index in [1.165, 1.54) is 4.90 Å². The Bertz CT molecular complexity index is 350. The molecule has 0 aromatic heterocycles. The van der Waals surface area contributed by atoms with Crippen LogP contribution in [-0.2, 0) is 4.79 Å². The molecule has 18 heavy (non-hydrogen) atoms. The van der Waals surface area contributed by atoms with Crippen LogP contribution < -0.4 is 0 Å². The van der Waals surface area contributed by atoms with Crippen molar-refractivity contribution in [2.75, 3.05) is 26.2 Å². The molecule has 0 spiro atoms. The van der Waals surface area contributed by atoms with E-state index in [0.717, 1.165) is 32.4 Å². The number of carbonyl (C=O) groups excluding carboxylic acids is 1. The van der Waals surface area contributed by atoms with Crippen molar-refractivity contribution in [3.05, 3.63) is 0 Å². The fraction of sp³-hybridized carbons (Fsp3) is 0.846. The van der Waals surface area contributed by atoms with Gasteiger partial charge in [-0.2, -0.15) is 0 Å². The Hall–Kier alpha value is -1.26. The number of amides is 2. The summed E-state index contributed by atoms with van der Waals surface area (Å²) in [6.45, 7) is 6.18. The molecule has 0 unspecified atom stereocenters. The number of carboxylic acids is 1. The third-order valence-electron chi connectivity index (χ3n) is 3.72. The maximum absolute atomic E-state index is 12.3. The monoisotopic (exact) mass is 254 g/mol. The summed E-state index contributed by atoms with van der Waals surface area (Å²) in [4.78, 5) is 26.5. The highest BCUT2D eigenvalue weighted by molar-refractivity contribution is 5.80. The largest absolute Gasteiger partial charge is 0.480 e. The molecule has 2 fully saturated rings. The molecule has 0 aromatic carbocycles. The minimum absolute atomic E-state index is 0.102. The Balaban J connectivity index is 1.96. The van der Waals surface area contributed by atoms with Crippen LogP contribution in [0, 0.1) is 11.3 Å². The van der Waals surface area contributed by atoms with E-state index < -0.39 is 5.97 Å². The van der Waals surface area contributed by atoms with Crippen molar-refractivity contribution in [3.8, 4) is 0 Å². The molecule has 2 rings (SSSR count). The SMILES string of the molecule is CC1(C)CCN(C(=O)N(CC(=O)O)CC2CC2)C1. The minimum Gasteiger partial charge on any atom is -0.480 e. The lowest BCUT2D eigenvalue weighted by molar-refractivity contribution is -0.137. The summed E-state index contributed by atoms with van der Waals surface area (Å²) in [6, 6.07) is -0.102. The zero-order valence-electron chi connectivity index (χ0n) is 11.2. The summed E-state index contributed by atoms with van der Waals surface area (Å²) < 4.78 is 0. The molecular formula is C13H22N2O3. The Morgan fingerprint density at radius 2 is 2.06 bits per heavy atom. The first kappa shape index (κ1) is 13.2. The standard InChI is InChI=1S/C13H22N2O3/c1-13(2)5-6-14(9-13)12(18)15(8-11(16)17)7-10-3-4-10/h10H,3-9H2,1-2H3,(H,16,17). The average Bonchev–Trinajstić information content (AvgIpc) is 2.99. The van der Waals surface area contributed by atoms with E-state index in [2.05, 4.69) is 13.8 Å². The molecule has 2 amide bonds. The Morgan fingerprint density at radius 3 is 2.50 bits per heavy atom. The fourth-order valence-electron chi connectivity index (χ4n) is 2.46. The zero-order valence-corrected chi connectivity index (χ0v) is 11.2. The molecule has 1 N–H and O–H groups in total. The number of hydrogen-bond donors (Lipinski definition) is 1. The highest BCUT2D eigenvalue weighted by Gasteiger charge is 2.36. The number of rotatable bonds is 4. The van der Waals surface area contributed by atoms with Crippen molar-refractivity contribution in [3.63, 3.8) is 0 Å². The van der Waals surface area contributed by atoms with Crippen molar-refractivity contribution < 1.29 is 14.7 Å². The third-order valence-corrected chi connectivity index (χ3v) is 3.72. The first-order valence-electron chi connectivity index (χ1n) is 6.63. The summed E-state index contributed by atoms with van der Waals surface area (Å²) in [7, 11) is 0. The van der Waals surface area contributed by atoms with Gasteiger partial charge in [0.25, 0.3) is 0 Å². The van der Waals surface area contributed by atoms with E-state index >= 15 is 0 Å². The quantitative estimate of drug-likeness (QED) is 0.829. The van der Waals surface area contributed by atoms with Gasteiger partial charge in [0.1, 0.15) is 6.54 Å². The van der Waals surface area contributed by atoms with E-state index in [0.29, 0.717) is 12.5 Å². The lowest BCUT2D eigenvalue weighted by Gasteiger charge is -2.27. The number of likely N-dealkylation sites (tertiary alicyclic amines) is 1. The second kappa shape index (κ2) is 4.78. The molecule has 1 aliphatic heterocycles. The van der Waals surface area contributed by atoms with Gasteiger partial charge in [-0.25, -0.2) is 4.79 Å². The average molecular weight is 254 g/mol. The maximum atomic E-state index is 12.3. The molecule has 5 nitrogen and oxygen atoms in total. The van der Waals surface area contributed by atoms with Crippen LogP contribution in [0.3, 0.4) is 0 Å². The summed E-state index contributed by atoms with van der Waals surface area (Å²) in [5.41, 5.74) is 0.157. The van der Waals surface area contributed by atoms with Gasteiger partial charge in [-0.3, -0.25) is 4.79 Å². The van der Waals surface area contributed by atoms with E-state index in [4.69, 9.17) is 5.11 Å². The number of hydrogen-bond acceptors (Lipinski definition) is 2. The summed E-state index contributed by atoms with van der Waals surface area (Å²) in [5, 5.41) is 8.90. The molecular weight excluding hydrogens is 232 g/mol. The lowest BCUT2D eigenvalue weighted by atomic mass is 9.93. The first-order chi connectivity index (χ1) is 8.37. The second-order valence-electron chi connectivity index (χ2n) is 6.34. The van der Waals surface area contributed by atoms with Crippen molar-refractivity contribution >= 4 is 12.0 Å². The van der Waals surface area contributed by atoms with Crippen molar-refractivity contribution in [1.29, 1.82) is 0 Å². The molecule has 0 bridgehead atoms. The Kier molecular flexibility index (Phi) is 3.50. The van der Waals surface area contributed by atoms with Gasteiger partial charge in [-0.05, 0) is 30.6 Å². The van der Waals surface area contributed by atoms with Crippen LogP contribution in [0.25, 0.3) is 0 Å². The zero-order chi connectivity index (χ0) is 13.3. The van der Waals surface area contributed by atoms with Crippen LogP contribution in [0.15, 0.2) is 0 Å². The van der Waals surface area contributed by atoms with Crippen molar-refractivity contribution in [2.24, 2.45) is 11.3 Å². The topological polar surface area (TPSA) is 60.9 Å². The molecule has 0 aromatic rings. The molecule has 2 aliphatic rings. The van der Waals surface area contributed by atoms with Gasteiger partial charge >= 0.3 is 12.0 Å². The molecule has 102 valence electrons. The fourth-order valence-corrected chi connectivity index (χ4v) is 2.46. The van der Waals surface area contributed by atoms with E-state index in [9.17, 15) is 9.59 Å². The molecule has 1 heterocycles. The van der Waals surface area contributed by atoms with Gasteiger partial charge in [0, 0.05) is 19.6 Å². The summed E-state index contributed by atoms with van der Waals surface area (Å²) >= 11 is 0. The number of nitrogens with zero attached hydrogens (tertiary/aromatic N) is 2. The van der Waals surface area contributed by atoms with Crippen LogP contribution in [0.2, 0.25) is 0 Å². The molecule has 1 aliphatic carbocycles. The smallest absolute Gasteiger partial charge is 0.323 e.